The third kappa shape index (κ3) is 1.98. The summed E-state index contributed by atoms with van der Waals surface area (Å²) in [5.41, 5.74) is 1.83. The smallest absolute Gasteiger partial charge is 0.171 e. The third-order valence-electron chi connectivity index (χ3n) is 2.58. The molecule has 0 atom stereocenters. The topological polar surface area (TPSA) is 52.1 Å². The highest BCUT2D eigenvalue weighted by molar-refractivity contribution is 6.08. The first-order valence-corrected chi connectivity index (χ1v) is 5.47. The number of ether oxygens (including phenoxy) is 1. The van der Waals surface area contributed by atoms with E-state index in [0.29, 0.717) is 22.3 Å². The Morgan fingerprint density at radius 3 is 2.76 bits per heavy atom. The van der Waals surface area contributed by atoms with Gasteiger partial charge < -0.3 is 4.74 Å². The molecule has 0 aromatic carbocycles. The molecule has 4 heteroatoms. The summed E-state index contributed by atoms with van der Waals surface area (Å²) in [6.07, 6.45) is 3.22. The van der Waals surface area contributed by atoms with E-state index >= 15 is 0 Å². The molecule has 0 aliphatic heterocycles. The van der Waals surface area contributed by atoms with E-state index in [1.165, 1.54) is 7.11 Å². The van der Waals surface area contributed by atoms with Crippen LogP contribution in [0.1, 0.15) is 24.2 Å². The lowest BCUT2D eigenvalue weighted by Gasteiger charge is -2.11. The zero-order valence-electron chi connectivity index (χ0n) is 10.1. The van der Waals surface area contributed by atoms with Gasteiger partial charge in [-0.2, -0.15) is 0 Å². The molecular formula is C13H14N2O2. The first-order chi connectivity index (χ1) is 8.15. The molecule has 2 aromatic heterocycles. The summed E-state index contributed by atoms with van der Waals surface area (Å²) in [7, 11) is 1.53. The normalized spacial score (nSPS) is 10.8. The summed E-state index contributed by atoms with van der Waals surface area (Å²) >= 11 is 0. The molecule has 17 heavy (non-hydrogen) atoms. The van der Waals surface area contributed by atoms with Gasteiger partial charge in [0.1, 0.15) is 11.3 Å². The number of carbonyl (C=O) groups excluding carboxylic acids is 1. The summed E-state index contributed by atoms with van der Waals surface area (Å²) in [6, 6.07) is 3.63. The van der Waals surface area contributed by atoms with Crippen molar-refractivity contribution in [2.24, 2.45) is 5.92 Å². The number of ketones is 1. The number of aromatic nitrogens is 2. The van der Waals surface area contributed by atoms with Crippen LogP contribution in [-0.2, 0) is 0 Å². The second-order valence-corrected chi connectivity index (χ2v) is 4.09. The van der Waals surface area contributed by atoms with Crippen molar-refractivity contribution in [2.45, 2.75) is 13.8 Å². The molecular weight excluding hydrogens is 216 g/mol. The molecule has 0 bridgehead atoms. The standard InChI is InChI=1S/C13H14N2O2/c1-8(2)13(16)11-10(17-3)7-15-9-5-4-6-14-12(9)11/h4-8H,1-3H3. The molecule has 0 aliphatic carbocycles. The number of hydrogen-bond donors (Lipinski definition) is 0. The minimum atomic E-state index is -0.100. The Balaban J connectivity index is 2.76. The number of methoxy groups -OCH3 is 1. The van der Waals surface area contributed by atoms with E-state index in [-0.39, 0.29) is 11.7 Å². The molecule has 2 aromatic rings. The molecule has 88 valence electrons. The van der Waals surface area contributed by atoms with Gasteiger partial charge in [0.25, 0.3) is 0 Å². The molecule has 0 fully saturated rings. The molecule has 4 nitrogen and oxygen atoms in total. The molecule has 0 radical (unpaired) electrons. The molecule has 0 N–H and O–H groups in total. The molecule has 0 saturated heterocycles. The van der Waals surface area contributed by atoms with Gasteiger partial charge in [-0.25, -0.2) is 0 Å². The van der Waals surface area contributed by atoms with Crippen LogP contribution in [-0.4, -0.2) is 22.9 Å². The van der Waals surface area contributed by atoms with Crippen LogP contribution in [0.3, 0.4) is 0 Å². The van der Waals surface area contributed by atoms with Crippen molar-refractivity contribution in [1.29, 1.82) is 0 Å². The van der Waals surface area contributed by atoms with Crippen LogP contribution in [0, 0.1) is 5.92 Å². The number of fused-ring (bicyclic) bond motifs is 1. The fraction of sp³-hybridized carbons (Fsp3) is 0.308. The SMILES string of the molecule is COc1cnc2cccnc2c1C(=O)C(C)C. The van der Waals surface area contributed by atoms with E-state index in [2.05, 4.69) is 9.97 Å². The minimum absolute atomic E-state index is 0.0213. The van der Waals surface area contributed by atoms with Crippen molar-refractivity contribution in [3.05, 3.63) is 30.1 Å². The van der Waals surface area contributed by atoms with Gasteiger partial charge in [-0.15, -0.1) is 0 Å². The average molecular weight is 230 g/mol. The first kappa shape index (κ1) is 11.5. The average Bonchev–Trinajstić information content (AvgIpc) is 2.36. The number of rotatable bonds is 3. The van der Waals surface area contributed by atoms with Crippen molar-refractivity contribution in [3.8, 4) is 5.75 Å². The quantitative estimate of drug-likeness (QED) is 0.760. The molecule has 0 spiro atoms. The van der Waals surface area contributed by atoms with Crippen molar-refractivity contribution in [2.75, 3.05) is 7.11 Å². The van der Waals surface area contributed by atoms with Crippen LogP contribution in [0.15, 0.2) is 24.5 Å². The largest absolute Gasteiger partial charge is 0.494 e. The fourth-order valence-electron chi connectivity index (χ4n) is 1.68. The van der Waals surface area contributed by atoms with Crippen molar-refractivity contribution in [1.82, 2.24) is 9.97 Å². The zero-order valence-corrected chi connectivity index (χ0v) is 10.1. The summed E-state index contributed by atoms with van der Waals surface area (Å²) in [6.45, 7) is 3.72. The van der Waals surface area contributed by atoms with Gasteiger partial charge in [0.2, 0.25) is 0 Å². The summed E-state index contributed by atoms with van der Waals surface area (Å²) < 4.78 is 5.20. The Kier molecular flexibility index (Phi) is 3.04. The molecule has 2 rings (SSSR count). The predicted molar refractivity (Wildman–Crippen MR) is 65.3 cm³/mol. The molecule has 0 amide bonds. The first-order valence-electron chi connectivity index (χ1n) is 5.47. The van der Waals surface area contributed by atoms with Crippen LogP contribution >= 0.6 is 0 Å². The lowest BCUT2D eigenvalue weighted by molar-refractivity contribution is 0.0938. The lowest BCUT2D eigenvalue weighted by atomic mass is 9.99. The summed E-state index contributed by atoms with van der Waals surface area (Å²) in [5, 5.41) is 0. The number of nitrogens with zero attached hydrogens (tertiary/aromatic N) is 2. The van der Waals surface area contributed by atoms with Crippen molar-refractivity contribution < 1.29 is 9.53 Å². The molecule has 2 heterocycles. The monoisotopic (exact) mass is 230 g/mol. The van der Waals surface area contributed by atoms with Crippen molar-refractivity contribution >= 4 is 16.8 Å². The van der Waals surface area contributed by atoms with Gasteiger partial charge in [-0.05, 0) is 12.1 Å². The summed E-state index contributed by atoms with van der Waals surface area (Å²) in [4.78, 5) is 20.6. The maximum Gasteiger partial charge on any atom is 0.171 e. The number of Topliss-reactive ketones (excluding diaryl/α,β-unsaturated/α-hetero) is 1. The van der Waals surface area contributed by atoms with Crippen LogP contribution in [0.2, 0.25) is 0 Å². The maximum atomic E-state index is 12.2. The van der Waals surface area contributed by atoms with E-state index in [9.17, 15) is 4.79 Å². The van der Waals surface area contributed by atoms with Crippen LogP contribution in [0.5, 0.6) is 5.75 Å². The number of carbonyl (C=O) groups is 1. The second kappa shape index (κ2) is 4.49. The zero-order chi connectivity index (χ0) is 12.4. The second-order valence-electron chi connectivity index (χ2n) is 4.09. The molecule has 0 saturated carbocycles. The lowest BCUT2D eigenvalue weighted by Crippen LogP contribution is -2.11. The van der Waals surface area contributed by atoms with Gasteiger partial charge >= 0.3 is 0 Å². The Morgan fingerprint density at radius 2 is 2.12 bits per heavy atom. The van der Waals surface area contributed by atoms with Gasteiger partial charge in [-0.1, -0.05) is 13.8 Å². The van der Waals surface area contributed by atoms with Gasteiger partial charge in [0.05, 0.1) is 24.4 Å². The maximum absolute atomic E-state index is 12.2. The highest BCUT2D eigenvalue weighted by Crippen LogP contribution is 2.26. The van der Waals surface area contributed by atoms with E-state index < -0.39 is 0 Å². The van der Waals surface area contributed by atoms with Crippen molar-refractivity contribution in [3.63, 3.8) is 0 Å². The Bertz CT molecular complexity index is 564. The van der Waals surface area contributed by atoms with E-state index in [1.807, 2.05) is 19.9 Å². The highest BCUT2D eigenvalue weighted by atomic mass is 16.5. The minimum Gasteiger partial charge on any atom is -0.494 e. The number of pyridine rings is 2. The van der Waals surface area contributed by atoms with Gasteiger partial charge in [0, 0.05) is 12.1 Å². The predicted octanol–water partition coefficient (Wildman–Crippen LogP) is 2.48. The van der Waals surface area contributed by atoms with E-state index in [1.54, 1.807) is 18.5 Å². The van der Waals surface area contributed by atoms with Crippen LogP contribution < -0.4 is 4.74 Å². The fourth-order valence-corrected chi connectivity index (χ4v) is 1.68. The van der Waals surface area contributed by atoms with E-state index in [0.717, 1.165) is 0 Å². The Hall–Kier alpha value is -1.97. The number of hydrogen-bond acceptors (Lipinski definition) is 4. The summed E-state index contributed by atoms with van der Waals surface area (Å²) in [5.74, 6) is 0.402. The molecule has 0 unspecified atom stereocenters. The van der Waals surface area contributed by atoms with Gasteiger partial charge in [-0.3, -0.25) is 14.8 Å². The van der Waals surface area contributed by atoms with E-state index in [4.69, 9.17) is 4.74 Å². The van der Waals surface area contributed by atoms with Gasteiger partial charge in [0.15, 0.2) is 5.78 Å². The highest BCUT2D eigenvalue weighted by Gasteiger charge is 2.20. The molecule has 0 aliphatic rings. The third-order valence-corrected chi connectivity index (χ3v) is 2.58. The Morgan fingerprint density at radius 1 is 1.35 bits per heavy atom. The Labute approximate surface area is 99.7 Å². The van der Waals surface area contributed by atoms with Crippen LogP contribution in [0.4, 0.5) is 0 Å². The van der Waals surface area contributed by atoms with Crippen LogP contribution in [0.25, 0.3) is 11.0 Å².